The Bertz CT molecular complexity index is 605. The first-order valence-electron chi connectivity index (χ1n) is 6.14. The molecule has 0 fully saturated rings. The van der Waals surface area contributed by atoms with Crippen LogP contribution in [0.25, 0.3) is 10.1 Å². The molecule has 2 rings (SSSR count). The van der Waals surface area contributed by atoms with E-state index in [1.54, 1.807) is 0 Å². The Kier molecular flexibility index (Phi) is 3.78. The molecule has 19 heavy (non-hydrogen) atoms. The van der Waals surface area contributed by atoms with Crippen LogP contribution in [0, 0.1) is 0 Å². The number of anilines is 1. The molecule has 0 aliphatic heterocycles. The zero-order valence-electron chi connectivity index (χ0n) is 11.1. The van der Waals surface area contributed by atoms with Crippen molar-refractivity contribution in [2.75, 3.05) is 12.3 Å². The highest BCUT2D eigenvalue weighted by atomic mass is 32.1. The Morgan fingerprint density at radius 3 is 2.84 bits per heavy atom. The molecule has 1 aromatic heterocycles. The summed E-state index contributed by atoms with van der Waals surface area (Å²) in [7, 11) is 0. The van der Waals surface area contributed by atoms with Gasteiger partial charge in [-0.3, -0.25) is 4.79 Å². The van der Waals surface area contributed by atoms with Crippen LogP contribution in [0.15, 0.2) is 24.3 Å². The fourth-order valence-electron chi connectivity index (χ4n) is 1.88. The molecule has 0 bridgehead atoms. The number of nitrogens with two attached hydrogens (primary N) is 1. The van der Waals surface area contributed by atoms with Crippen LogP contribution in [-0.2, 0) is 0 Å². The van der Waals surface area contributed by atoms with Crippen LogP contribution >= 0.6 is 11.3 Å². The zero-order chi connectivity index (χ0) is 14.0. The van der Waals surface area contributed by atoms with Gasteiger partial charge in [-0.15, -0.1) is 11.3 Å². The molecular formula is C14H18N2O2S. The third-order valence-electron chi connectivity index (χ3n) is 2.95. The van der Waals surface area contributed by atoms with E-state index in [2.05, 4.69) is 5.32 Å². The highest BCUT2D eigenvalue weighted by molar-refractivity contribution is 7.20. The second-order valence-electron chi connectivity index (χ2n) is 5.22. The number of thiophene rings is 1. The number of aliphatic hydroxyl groups is 1. The van der Waals surface area contributed by atoms with E-state index in [0.717, 1.165) is 10.1 Å². The van der Waals surface area contributed by atoms with E-state index in [0.29, 0.717) is 17.0 Å². The van der Waals surface area contributed by atoms with E-state index < -0.39 is 5.54 Å². The third-order valence-corrected chi connectivity index (χ3v) is 4.07. The smallest absolute Gasteiger partial charge is 0.261 e. The Balaban J connectivity index is 2.22. The monoisotopic (exact) mass is 278 g/mol. The molecule has 1 heterocycles. The van der Waals surface area contributed by atoms with Crippen molar-refractivity contribution in [3.05, 3.63) is 29.1 Å². The van der Waals surface area contributed by atoms with Gasteiger partial charge in [0.15, 0.2) is 0 Å². The van der Waals surface area contributed by atoms with Gasteiger partial charge in [0.25, 0.3) is 5.91 Å². The summed E-state index contributed by atoms with van der Waals surface area (Å²) in [6.45, 7) is 3.84. The van der Waals surface area contributed by atoms with Gasteiger partial charge in [-0.1, -0.05) is 0 Å². The van der Waals surface area contributed by atoms with Crippen LogP contribution in [0.2, 0.25) is 0 Å². The minimum Gasteiger partial charge on any atom is -0.399 e. The summed E-state index contributed by atoms with van der Waals surface area (Å²) in [6, 6.07) is 7.46. The Labute approximate surface area is 116 Å². The predicted molar refractivity (Wildman–Crippen MR) is 79.5 cm³/mol. The molecule has 0 spiro atoms. The topological polar surface area (TPSA) is 75.3 Å². The highest BCUT2D eigenvalue weighted by Crippen LogP contribution is 2.27. The molecule has 0 atom stereocenters. The van der Waals surface area contributed by atoms with Gasteiger partial charge >= 0.3 is 0 Å². The van der Waals surface area contributed by atoms with Crippen LogP contribution in [-0.4, -0.2) is 23.2 Å². The lowest BCUT2D eigenvalue weighted by molar-refractivity contribution is 0.0904. The maximum absolute atomic E-state index is 12.2. The molecule has 4 nitrogen and oxygen atoms in total. The number of carbonyl (C=O) groups excluding carboxylic acids is 1. The van der Waals surface area contributed by atoms with Gasteiger partial charge in [0.1, 0.15) is 0 Å². The molecule has 5 heteroatoms. The van der Waals surface area contributed by atoms with Crippen LogP contribution in [0.5, 0.6) is 0 Å². The Morgan fingerprint density at radius 1 is 1.42 bits per heavy atom. The van der Waals surface area contributed by atoms with Gasteiger partial charge in [0.2, 0.25) is 0 Å². The molecular weight excluding hydrogens is 260 g/mol. The first-order chi connectivity index (χ1) is 8.91. The lowest BCUT2D eigenvalue weighted by atomic mass is 10.0. The Hall–Kier alpha value is -1.59. The van der Waals surface area contributed by atoms with Crippen molar-refractivity contribution in [3.63, 3.8) is 0 Å². The standard InChI is InChI=1S/C14H18N2O2S/c1-14(2,5-6-17)16-13(18)12-8-9-7-10(15)3-4-11(9)19-12/h3-4,7-8,17H,5-6,15H2,1-2H3,(H,16,18). The zero-order valence-corrected chi connectivity index (χ0v) is 11.9. The van der Waals surface area contributed by atoms with E-state index in [4.69, 9.17) is 10.8 Å². The van der Waals surface area contributed by atoms with E-state index in [-0.39, 0.29) is 12.5 Å². The van der Waals surface area contributed by atoms with Crippen molar-refractivity contribution >= 4 is 33.0 Å². The summed E-state index contributed by atoms with van der Waals surface area (Å²) < 4.78 is 1.04. The number of benzene rings is 1. The quantitative estimate of drug-likeness (QED) is 0.752. The van der Waals surface area contributed by atoms with Gasteiger partial charge < -0.3 is 16.2 Å². The van der Waals surface area contributed by atoms with Crippen LogP contribution in [0.3, 0.4) is 0 Å². The number of aliphatic hydroxyl groups excluding tert-OH is 1. The number of rotatable bonds is 4. The number of hydrogen-bond acceptors (Lipinski definition) is 4. The van der Waals surface area contributed by atoms with E-state index in [9.17, 15) is 4.79 Å². The molecule has 0 radical (unpaired) electrons. The lowest BCUT2D eigenvalue weighted by Gasteiger charge is -2.24. The normalized spacial score (nSPS) is 11.7. The summed E-state index contributed by atoms with van der Waals surface area (Å²) in [5, 5.41) is 12.9. The minimum atomic E-state index is -0.416. The summed E-state index contributed by atoms with van der Waals surface area (Å²) in [5.74, 6) is -0.113. The van der Waals surface area contributed by atoms with Crippen LogP contribution in [0.4, 0.5) is 5.69 Å². The van der Waals surface area contributed by atoms with Crippen molar-refractivity contribution in [3.8, 4) is 0 Å². The van der Waals surface area contributed by atoms with Gasteiger partial charge in [0.05, 0.1) is 4.88 Å². The maximum Gasteiger partial charge on any atom is 0.261 e. The molecule has 0 aliphatic carbocycles. The fraction of sp³-hybridized carbons (Fsp3) is 0.357. The molecule has 1 aromatic carbocycles. The number of nitrogens with one attached hydrogen (secondary N) is 1. The first kappa shape index (κ1) is 13.8. The van der Waals surface area contributed by atoms with Crippen LogP contribution < -0.4 is 11.1 Å². The predicted octanol–water partition coefficient (Wildman–Crippen LogP) is 2.37. The van der Waals surface area contributed by atoms with Crippen LogP contribution in [0.1, 0.15) is 29.9 Å². The average Bonchev–Trinajstić information content (AvgIpc) is 2.71. The second kappa shape index (κ2) is 5.19. The van der Waals surface area contributed by atoms with Crippen molar-refractivity contribution in [1.29, 1.82) is 0 Å². The molecule has 0 saturated carbocycles. The molecule has 0 unspecified atom stereocenters. The minimum absolute atomic E-state index is 0.0518. The van der Waals surface area contributed by atoms with Crippen molar-refractivity contribution in [2.24, 2.45) is 0 Å². The van der Waals surface area contributed by atoms with Crippen molar-refractivity contribution < 1.29 is 9.90 Å². The number of carbonyl (C=O) groups is 1. The van der Waals surface area contributed by atoms with E-state index in [1.807, 2.05) is 38.1 Å². The SMILES string of the molecule is CC(C)(CCO)NC(=O)c1cc2cc(N)ccc2s1. The molecule has 0 aliphatic rings. The van der Waals surface area contributed by atoms with Gasteiger partial charge in [-0.25, -0.2) is 0 Å². The van der Waals surface area contributed by atoms with Gasteiger partial charge in [0, 0.05) is 22.5 Å². The second-order valence-corrected chi connectivity index (χ2v) is 6.30. The van der Waals surface area contributed by atoms with Crippen molar-refractivity contribution in [2.45, 2.75) is 25.8 Å². The number of nitrogen functional groups attached to an aromatic ring is 1. The maximum atomic E-state index is 12.2. The molecule has 0 saturated heterocycles. The van der Waals surface area contributed by atoms with Gasteiger partial charge in [-0.2, -0.15) is 0 Å². The number of fused-ring (bicyclic) bond motifs is 1. The molecule has 2 aromatic rings. The Morgan fingerprint density at radius 2 is 2.16 bits per heavy atom. The van der Waals surface area contributed by atoms with E-state index >= 15 is 0 Å². The number of hydrogen-bond donors (Lipinski definition) is 3. The van der Waals surface area contributed by atoms with Crippen molar-refractivity contribution in [1.82, 2.24) is 5.32 Å². The largest absolute Gasteiger partial charge is 0.399 e. The summed E-state index contributed by atoms with van der Waals surface area (Å²) >= 11 is 1.44. The summed E-state index contributed by atoms with van der Waals surface area (Å²) in [6.07, 6.45) is 0.524. The average molecular weight is 278 g/mol. The molecule has 1 amide bonds. The fourth-order valence-corrected chi connectivity index (χ4v) is 2.82. The summed E-state index contributed by atoms with van der Waals surface area (Å²) in [5.41, 5.74) is 6.00. The number of amides is 1. The lowest BCUT2D eigenvalue weighted by Crippen LogP contribution is -2.43. The van der Waals surface area contributed by atoms with Gasteiger partial charge in [-0.05, 0) is 49.9 Å². The molecule has 102 valence electrons. The third kappa shape index (κ3) is 3.24. The van der Waals surface area contributed by atoms with E-state index in [1.165, 1.54) is 11.3 Å². The molecule has 4 N–H and O–H groups in total. The summed E-state index contributed by atoms with van der Waals surface area (Å²) in [4.78, 5) is 12.8. The first-order valence-corrected chi connectivity index (χ1v) is 6.95. The highest BCUT2D eigenvalue weighted by Gasteiger charge is 2.21.